The van der Waals surface area contributed by atoms with Crippen molar-refractivity contribution in [2.75, 3.05) is 0 Å². The minimum atomic E-state index is -1.44. The number of carboxylic acid groups (broad SMARTS) is 1. The molecule has 0 amide bonds. The SMILES string of the molecule is O=C(/C=C/c1ccc(O)c(O)c1)O[C@@H]1CC(C(=O)O)=C[C@@H](O)[C@@H]1O. The Morgan fingerprint density at radius 1 is 1.17 bits per heavy atom. The number of ether oxygens (including phenoxy) is 1. The highest BCUT2D eigenvalue weighted by atomic mass is 16.6. The number of carbonyl (C=O) groups excluding carboxylic acids is 1. The molecule has 24 heavy (non-hydrogen) atoms. The first-order valence-corrected chi connectivity index (χ1v) is 6.98. The molecule has 0 aliphatic heterocycles. The van der Waals surface area contributed by atoms with Crippen LogP contribution < -0.4 is 0 Å². The Kier molecular flexibility index (Phi) is 5.22. The van der Waals surface area contributed by atoms with Crippen molar-refractivity contribution >= 4 is 18.0 Å². The molecule has 8 nitrogen and oxygen atoms in total. The minimum Gasteiger partial charge on any atom is -0.504 e. The molecule has 0 aromatic heterocycles. The van der Waals surface area contributed by atoms with E-state index >= 15 is 0 Å². The summed E-state index contributed by atoms with van der Waals surface area (Å²) in [6, 6.07) is 3.92. The Morgan fingerprint density at radius 3 is 2.50 bits per heavy atom. The van der Waals surface area contributed by atoms with Crippen LogP contribution in [0.4, 0.5) is 0 Å². The van der Waals surface area contributed by atoms with E-state index in [1.165, 1.54) is 24.3 Å². The van der Waals surface area contributed by atoms with Crippen molar-refractivity contribution in [2.45, 2.75) is 24.7 Å². The number of aliphatic hydroxyl groups is 2. The monoisotopic (exact) mass is 336 g/mol. The molecule has 0 saturated heterocycles. The lowest BCUT2D eigenvalue weighted by atomic mass is 9.92. The summed E-state index contributed by atoms with van der Waals surface area (Å²) in [4.78, 5) is 22.7. The van der Waals surface area contributed by atoms with Gasteiger partial charge in [-0.3, -0.25) is 0 Å². The second-order valence-corrected chi connectivity index (χ2v) is 5.24. The Hall–Kier alpha value is -2.84. The zero-order valence-electron chi connectivity index (χ0n) is 12.4. The molecule has 0 heterocycles. The molecule has 5 N–H and O–H groups in total. The number of benzene rings is 1. The van der Waals surface area contributed by atoms with Gasteiger partial charge in [-0.1, -0.05) is 6.07 Å². The number of aliphatic carboxylic acids is 1. The summed E-state index contributed by atoms with van der Waals surface area (Å²) in [5, 5.41) is 46.9. The Labute approximate surface area is 136 Å². The topological polar surface area (TPSA) is 145 Å². The van der Waals surface area contributed by atoms with E-state index in [4.69, 9.17) is 9.84 Å². The molecule has 128 valence electrons. The highest BCUT2D eigenvalue weighted by Crippen LogP contribution is 2.26. The third-order valence-electron chi connectivity index (χ3n) is 3.48. The van der Waals surface area contributed by atoms with Gasteiger partial charge in [0.15, 0.2) is 11.5 Å². The van der Waals surface area contributed by atoms with Crippen molar-refractivity contribution in [3.05, 3.63) is 41.5 Å². The molecule has 0 radical (unpaired) electrons. The molecular weight excluding hydrogens is 320 g/mol. The maximum absolute atomic E-state index is 11.8. The van der Waals surface area contributed by atoms with Crippen molar-refractivity contribution in [3.63, 3.8) is 0 Å². The lowest BCUT2D eigenvalue weighted by Crippen LogP contribution is -2.43. The first kappa shape index (κ1) is 17.5. The molecule has 0 unspecified atom stereocenters. The van der Waals surface area contributed by atoms with Crippen molar-refractivity contribution in [1.82, 2.24) is 0 Å². The van der Waals surface area contributed by atoms with Crippen molar-refractivity contribution in [1.29, 1.82) is 0 Å². The number of phenols is 2. The average molecular weight is 336 g/mol. The largest absolute Gasteiger partial charge is 0.504 e. The summed E-state index contributed by atoms with van der Waals surface area (Å²) in [5.41, 5.74) is 0.260. The summed E-state index contributed by atoms with van der Waals surface area (Å²) >= 11 is 0. The Balaban J connectivity index is 2.03. The molecule has 0 bridgehead atoms. The van der Waals surface area contributed by atoms with E-state index in [1.807, 2.05) is 0 Å². The number of carbonyl (C=O) groups is 2. The Morgan fingerprint density at radius 2 is 1.88 bits per heavy atom. The molecule has 1 aliphatic rings. The number of rotatable bonds is 4. The molecular formula is C16H16O8. The van der Waals surface area contributed by atoms with Crippen molar-refractivity contribution in [3.8, 4) is 11.5 Å². The zero-order chi connectivity index (χ0) is 17.9. The van der Waals surface area contributed by atoms with E-state index < -0.39 is 30.3 Å². The summed E-state index contributed by atoms with van der Waals surface area (Å²) < 4.78 is 4.98. The van der Waals surface area contributed by atoms with Crippen LogP contribution in [-0.4, -0.2) is 55.8 Å². The number of aliphatic hydroxyl groups excluding tert-OH is 2. The van der Waals surface area contributed by atoms with Gasteiger partial charge >= 0.3 is 11.9 Å². The summed E-state index contributed by atoms with van der Waals surface area (Å²) in [5.74, 6) is -2.78. The number of hydrogen-bond donors (Lipinski definition) is 5. The quantitative estimate of drug-likeness (QED) is 0.297. The summed E-state index contributed by atoms with van der Waals surface area (Å²) in [6.07, 6.45) is -0.963. The molecule has 3 atom stereocenters. The van der Waals surface area contributed by atoms with Crippen LogP contribution in [0, 0.1) is 0 Å². The first-order valence-electron chi connectivity index (χ1n) is 6.98. The fourth-order valence-corrected chi connectivity index (χ4v) is 2.20. The zero-order valence-corrected chi connectivity index (χ0v) is 12.4. The highest BCUT2D eigenvalue weighted by molar-refractivity contribution is 5.88. The van der Waals surface area contributed by atoms with Crippen molar-refractivity contribution < 1.29 is 39.9 Å². The highest BCUT2D eigenvalue weighted by Gasteiger charge is 2.35. The molecule has 0 fully saturated rings. The molecule has 1 aliphatic carbocycles. The van der Waals surface area contributed by atoms with Crippen LogP contribution in [0.2, 0.25) is 0 Å². The molecule has 8 heteroatoms. The number of hydrogen-bond acceptors (Lipinski definition) is 7. The fraction of sp³-hybridized carbons (Fsp3) is 0.250. The van der Waals surface area contributed by atoms with Crippen LogP contribution in [0.3, 0.4) is 0 Å². The number of aromatic hydroxyl groups is 2. The van der Waals surface area contributed by atoms with Gasteiger partial charge in [0.1, 0.15) is 18.3 Å². The maximum atomic E-state index is 11.8. The number of phenolic OH excluding ortho intramolecular Hbond substituents is 2. The van der Waals surface area contributed by atoms with E-state index in [1.54, 1.807) is 0 Å². The predicted molar refractivity (Wildman–Crippen MR) is 81.0 cm³/mol. The third kappa shape index (κ3) is 4.12. The minimum absolute atomic E-state index is 0.155. The average Bonchev–Trinajstić information content (AvgIpc) is 2.52. The molecule has 2 rings (SSSR count). The van der Waals surface area contributed by atoms with Gasteiger partial charge in [0.05, 0.1) is 0 Å². The fourth-order valence-electron chi connectivity index (χ4n) is 2.20. The predicted octanol–water partition coefficient (Wildman–Crippen LogP) is 0.159. The van der Waals surface area contributed by atoms with Gasteiger partial charge in [0, 0.05) is 18.1 Å². The van der Waals surface area contributed by atoms with E-state index in [2.05, 4.69) is 0 Å². The van der Waals surface area contributed by atoms with Gasteiger partial charge in [-0.25, -0.2) is 9.59 Å². The Bertz CT molecular complexity index is 706. The number of esters is 1. The molecule has 0 saturated carbocycles. The standard InChI is InChI=1S/C16H16O8/c17-10-3-1-8(5-11(10)18)2-4-14(20)24-13-7-9(16(22)23)6-12(19)15(13)21/h1-6,12-13,15,17-19,21H,7H2,(H,22,23)/b4-2+/t12-,13-,15+/m1/s1. The molecule has 1 aromatic rings. The normalized spacial score (nSPS) is 23.8. The molecule has 1 aromatic carbocycles. The smallest absolute Gasteiger partial charge is 0.331 e. The van der Waals surface area contributed by atoms with Crippen LogP contribution in [-0.2, 0) is 14.3 Å². The van der Waals surface area contributed by atoms with Gasteiger partial charge in [0.25, 0.3) is 0 Å². The molecule has 0 spiro atoms. The van der Waals surface area contributed by atoms with Gasteiger partial charge in [-0.05, 0) is 29.8 Å². The van der Waals surface area contributed by atoms with Gasteiger partial charge in [0.2, 0.25) is 0 Å². The third-order valence-corrected chi connectivity index (χ3v) is 3.48. The van der Waals surface area contributed by atoms with Crippen LogP contribution in [0.1, 0.15) is 12.0 Å². The summed E-state index contributed by atoms with van der Waals surface area (Å²) in [7, 11) is 0. The van der Waals surface area contributed by atoms with E-state index in [-0.39, 0.29) is 23.5 Å². The van der Waals surface area contributed by atoms with Crippen LogP contribution in [0.25, 0.3) is 6.08 Å². The number of carboxylic acids is 1. The second kappa shape index (κ2) is 7.16. The summed E-state index contributed by atoms with van der Waals surface area (Å²) in [6.45, 7) is 0. The first-order chi connectivity index (χ1) is 11.3. The van der Waals surface area contributed by atoms with E-state index in [0.29, 0.717) is 5.56 Å². The van der Waals surface area contributed by atoms with E-state index in [9.17, 15) is 30.0 Å². The lowest BCUT2D eigenvalue weighted by molar-refractivity contribution is -0.154. The van der Waals surface area contributed by atoms with Gasteiger partial charge in [-0.2, -0.15) is 0 Å². The van der Waals surface area contributed by atoms with E-state index in [0.717, 1.165) is 12.2 Å². The van der Waals surface area contributed by atoms with Gasteiger partial charge in [-0.15, -0.1) is 0 Å². The second-order valence-electron chi connectivity index (χ2n) is 5.24. The van der Waals surface area contributed by atoms with Crippen LogP contribution in [0.15, 0.2) is 35.9 Å². The van der Waals surface area contributed by atoms with Crippen molar-refractivity contribution in [2.24, 2.45) is 0 Å². The van der Waals surface area contributed by atoms with Crippen LogP contribution in [0.5, 0.6) is 11.5 Å². The lowest BCUT2D eigenvalue weighted by Gasteiger charge is -2.29. The maximum Gasteiger partial charge on any atom is 0.331 e. The van der Waals surface area contributed by atoms with Crippen LogP contribution >= 0.6 is 0 Å². The van der Waals surface area contributed by atoms with Gasteiger partial charge < -0.3 is 30.3 Å².